The maximum atomic E-state index is 12.2. The van der Waals surface area contributed by atoms with E-state index in [9.17, 15) is 4.79 Å². The monoisotopic (exact) mass is 342 g/mol. The first-order valence-corrected chi connectivity index (χ1v) is 8.43. The lowest BCUT2D eigenvalue weighted by molar-refractivity contribution is 0.0938. The van der Waals surface area contributed by atoms with Crippen molar-refractivity contribution in [1.29, 1.82) is 0 Å². The van der Waals surface area contributed by atoms with Crippen LogP contribution in [0.5, 0.6) is 0 Å². The Morgan fingerprint density at radius 1 is 1.53 bits per heavy atom. The van der Waals surface area contributed by atoms with E-state index in [1.165, 1.54) is 12.8 Å². The molecule has 0 radical (unpaired) electrons. The van der Waals surface area contributed by atoms with Crippen LogP contribution in [0.4, 0.5) is 5.69 Å². The molecule has 2 unspecified atom stereocenters. The molecule has 0 saturated heterocycles. The molecule has 1 aliphatic carbocycles. The highest BCUT2D eigenvalue weighted by Gasteiger charge is 2.28. The minimum atomic E-state index is -0.00527. The number of nitrogen functional groups attached to an aromatic ring is 1. The minimum Gasteiger partial charge on any atom is -0.398 e. The third kappa shape index (κ3) is 3.66. The second-order valence-electron chi connectivity index (χ2n) is 4.74. The predicted molar refractivity (Wildman–Crippen MR) is 85.6 cm³/mol. The fourth-order valence-corrected chi connectivity index (χ4v) is 4.00. The zero-order valence-electron chi connectivity index (χ0n) is 11.0. The van der Waals surface area contributed by atoms with E-state index in [2.05, 4.69) is 28.2 Å². The fourth-order valence-electron chi connectivity index (χ4n) is 2.42. The summed E-state index contributed by atoms with van der Waals surface area (Å²) >= 11 is 5.30. The van der Waals surface area contributed by atoms with E-state index in [0.29, 0.717) is 22.5 Å². The Bertz CT molecular complexity index is 467. The molecule has 1 fully saturated rings. The molecule has 3 nitrogen and oxygen atoms in total. The Morgan fingerprint density at radius 3 is 3.00 bits per heavy atom. The maximum Gasteiger partial charge on any atom is 0.251 e. The number of nitrogens with two attached hydrogens (primary N) is 1. The number of hydrogen-bond acceptors (Lipinski definition) is 3. The summed E-state index contributed by atoms with van der Waals surface area (Å²) in [6.07, 6.45) is 3.49. The Kier molecular flexibility index (Phi) is 5.16. The third-order valence-corrected chi connectivity index (χ3v) is 5.42. The highest BCUT2D eigenvalue weighted by Crippen LogP contribution is 2.30. The summed E-state index contributed by atoms with van der Waals surface area (Å²) in [5.41, 5.74) is 7.04. The van der Waals surface area contributed by atoms with Crippen LogP contribution in [-0.2, 0) is 0 Å². The van der Waals surface area contributed by atoms with E-state index >= 15 is 0 Å². The highest BCUT2D eigenvalue weighted by molar-refractivity contribution is 9.10. The summed E-state index contributed by atoms with van der Waals surface area (Å²) in [6.45, 7) is 2.17. The lowest BCUT2D eigenvalue weighted by Gasteiger charge is -2.20. The molecule has 0 aliphatic heterocycles. The van der Waals surface area contributed by atoms with Gasteiger partial charge in [-0.15, -0.1) is 0 Å². The van der Waals surface area contributed by atoms with Crippen molar-refractivity contribution in [3.8, 4) is 0 Å². The fraction of sp³-hybridized carbons (Fsp3) is 0.500. The van der Waals surface area contributed by atoms with Crippen LogP contribution in [0, 0.1) is 0 Å². The van der Waals surface area contributed by atoms with Crippen molar-refractivity contribution < 1.29 is 4.79 Å². The molecule has 19 heavy (non-hydrogen) atoms. The molecule has 2 atom stereocenters. The summed E-state index contributed by atoms with van der Waals surface area (Å²) in [6, 6.07) is 5.61. The average Bonchev–Trinajstić information content (AvgIpc) is 2.80. The van der Waals surface area contributed by atoms with Crippen molar-refractivity contribution in [1.82, 2.24) is 5.32 Å². The number of rotatable bonds is 4. The van der Waals surface area contributed by atoms with Crippen molar-refractivity contribution >= 4 is 39.3 Å². The summed E-state index contributed by atoms with van der Waals surface area (Å²) in [4.78, 5) is 12.2. The summed E-state index contributed by atoms with van der Waals surface area (Å²) in [5.74, 6) is 1.10. The number of amides is 1. The van der Waals surface area contributed by atoms with Gasteiger partial charge >= 0.3 is 0 Å². The van der Waals surface area contributed by atoms with Crippen LogP contribution in [-0.4, -0.2) is 23.0 Å². The van der Waals surface area contributed by atoms with Crippen molar-refractivity contribution in [3.63, 3.8) is 0 Å². The number of nitrogens with one attached hydrogen (secondary N) is 1. The van der Waals surface area contributed by atoms with Crippen molar-refractivity contribution in [2.24, 2.45) is 0 Å². The Morgan fingerprint density at radius 2 is 2.32 bits per heavy atom. The molecule has 1 amide bonds. The van der Waals surface area contributed by atoms with Gasteiger partial charge in [0.25, 0.3) is 5.91 Å². The van der Waals surface area contributed by atoms with E-state index in [0.717, 1.165) is 16.6 Å². The number of thioether (sulfide) groups is 1. The van der Waals surface area contributed by atoms with Crippen LogP contribution in [0.15, 0.2) is 22.7 Å². The van der Waals surface area contributed by atoms with Gasteiger partial charge in [-0.2, -0.15) is 11.8 Å². The second-order valence-corrected chi connectivity index (χ2v) is 7.11. The smallest absolute Gasteiger partial charge is 0.251 e. The lowest BCUT2D eigenvalue weighted by atomic mass is 10.1. The number of hydrogen-bond donors (Lipinski definition) is 2. The normalized spacial score (nSPS) is 22.4. The molecule has 3 N–H and O–H groups in total. The van der Waals surface area contributed by atoms with Gasteiger partial charge in [-0.05, 0) is 52.7 Å². The van der Waals surface area contributed by atoms with E-state index in [4.69, 9.17) is 5.73 Å². The first-order valence-electron chi connectivity index (χ1n) is 6.59. The molecule has 0 bridgehead atoms. The Balaban J connectivity index is 2.02. The zero-order chi connectivity index (χ0) is 13.8. The zero-order valence-corrected chi connectivity index (χ0v) is 13.4. The van der Waals surface area contributed by atoms with Gasteiger partial charge < -0.3 is 11.1 Å². The van der Waals surface area contributed by atoms with Crippen molar-refractivity contribution in [3.05, 3.63) is 28.2 Å². The van der Waals surface area contributed by atoms with Crippen LogP contribution < -0.4 is 11.1 Å². The maximum absolute atomic E-state index is 12.2. The van der Waals surface area contributed by atoms with Gasteiger partial charge in [0.15, 0.2) is 0 Å². The first kappa shape index (κ1) is 14.7. The van der Waals surface area contributed by atoms with Crippen LogP contribution in [0.3, 0.4) is 0 Å². The van der Waals surface area contributed by atoms with E-state index in [1.807, 2.05) is 11.8 Å². The number of anilines is 1. The molecule has 2 rings (SSSR count). The van der Waals surface area contributed by atoms with Gasteiger partial charge in [-0.3, -0.25) is 4.79 Å². The van der Waals surface area contributed by atoms with E-state index < -0.39 is 0 Å². The number of benzene rings is 1. The molecule has 0 aromatic heterocycles. The van der Waals surface area contributed by atoms with Gasteiger partial charge in [0.2, 0.25) is 0 Å². The second kappa shape index (κ2) is 6.66. The third-order valence-electron chi connectivity index (χ3n) is 3.41. The summed E-state index contributed by atoms with van der Waals surface area (Å²) < 4.78 is 0.769. The lowest BCUT2D eigenvalue weighted by Crippen LogP contribution is -2.38. The van der Waals surface area contributed by atoms with Gasteiger partial charge in [-0.1, -0.05) is 13.3 Å². The highest BCUT2D eigenvalue weighted by atomic mass is 79.9. The molecular formula is C14H19BrN2OS. The van der Waals surface area contributed by atoms with E-state index in [-0.39, 0.29) is 5.91 Å². The largest absolute Gasteiger partial charge is 0.398 e. The topological polar surface area (TPSA) is 55.1 Å². The van der Waals surface area contributed by atoms with Crippen molar-refractivity contribution in [2.75, 3.05) is 11.5 Å². The number of carbonyl (C=O) groups excluding carboxylic acids is 1. The SMILES string of the molecule is CCSC1CCCC1NC(=O)c1ccc(N)c(Br)c1. The van der Waals surface area contributed by atoms with Gasteiger partial charge in [-0.25, -0.2) is 0 Å². The number of carbonyl (C=O) groups is 1. The van der Waals surface area contributed by atoms with Gasteiger partial charge in [0.05, 0.1) is 0 Å². The average molecular weight is 343 g/mol. The molecule has 0 heterocycles. The van der Waals surface area contributed by atoms with Gasteiger partial charge in [0, 0.05) is 27.0 Å². The standard InChI is InChI=1S/C14H19BrN2OS/c1-2-19-13-5-3-4-12(13)17-14(18)9-6-7-11(16)10(15)8-9/h6-8,12-13H,2-5,16H2,1H3,(H,17,18). The predicted octanol–water partition coefficient (Wildman–Crippen LogP) is 3.44. The molecule has 5 heteroatoms. The molecule has 1 aromatic rings. The van der Waals surface area contributed by atoms with Crippen molar-refractivity contribution in [2.45, 2.75) is 37.5 Å². The summed E-state index contributed by atoms with van der Waals surface area (Å²) in [5, 5.41) is 3.72. The molecular weight excluding hydrogens is 324 g/mol. The van der Waals surface area contributed by atoms with Crippen LogP contribution in [0.1, 0.15) is 36.5 Å². The number of halogens is 1. The molecule has 0 spiro atoms. The summed E-state index contributed by atoms with van der Waals surface area (Å²) in [7, 11) is 0. The molecule has 104 valence electrons. The minimum absolute atomic E-state index is 0.00527. The van der Waals surface area contributed by atoms with Crippen LogP contribution in [0.25, 0.3) is 0 Å². The van der Waals surface area contributed by atoms with Gasteiger partial charge in [0.1, 0.15) is 0 Å². The molecule has 1 saturated carbocycles. The van der Waals surface area contributed by atoms with Crippen LogP contribution >= 0.6 is 27.7 Å². The van der Waals surface area contributed by atoms with Crippen LogP contribution in [0.2, 0.25) is 0 Å². The Hall–Kier alpha value is -0.680. The quantitative estimate of drug-likeness (QED) is 0.824. The van der Waals surface area contributed by atoms with E-state index in [1.54, 1.807) is 18.2 Å². The first-order chi connectivity index (χ1) is 9.11. The molecule has 1 aromatic carbocycles. The Labute approximate surface area is 126 Å². The molecule has 1 aliphatic rings.